The SMILES string of the molecule is O=C(O)C1CCC(Cc2ccsc2)CC1. The molecule has 0 unspecified atom stereocenters. The quantitative estimate of drug-likeness (QED) is 0.856. The van der Waals surface area contributed by atoms with Gasteiger partial charge in [-0.05, 0) is 60.4 Å². The third kappa shape index (κ3) is 2.81. The summed E-state index contributed by atoms with van der Waals surface area (Å²) in [5, 5.41) is 13.2. The maximum Gasteiger partial charge on any atom is 0.306 e. The summed E-state index contributed by atoms with van der Waals surface area (Å²) in [7, 11) is 0. The summed E-state index contributed by atoms with van der Waals surface area (Å²) in [4.78, 5) is 10.8. The van der Waals surface area contributed by atoms with Gasteiger partial charge >= 0.3 is 5.97 Å². The molecule has 1 aromatic heterocycles. The van der Waals surface area contributed by atoms with Gasteiger partial charge in [0.1, 0.15) is 0 Å². The lowest BCUT2D eigenvalue weighted by atomic mass is 9.80. The highest BCUT2D eigenvalue weighted by Crippen LogP contribution is 2.31. The topological polar surface area (TPSA) is 37.3 Å². The van der Waals surface area contributed by atoms with E-state index in [0.717, 1.165) is 32.1 Å². The lowest BCUT2D eigenvalue weighted by Crippen LogP contribution is -2.22. The van der Waals surface area contributed by atoms with Gasteiger partial charge in [0.05, 0.1) is 5.92 Å². The first-order valence-corrected chi connectivity index (χ1v) is 6.44. The zero-order valence-electron chi connectivity index (χ0n) is 8.69. The Labute approximate surface area is 93.9 Å². The Morgan fingerprint density at radius 3 is 2.67 bits per heavy atom. The number of carboxylic acid groups (broad SMARTS) is 1. The molecule has 0 amide bonds. The molecular weight excluding hydrogens is 208 g/mol. The van der Waals surface area contributed by atoms with Crippen molar-refractivity contribution >= 4 is 17.3 Å². The van der Waals surface area contributed by atoms with Crippen molar-refractivity contribution in [2.45, 2.75) is 32.1 Å². The van der Waals surface area contributed by atoms with Crippen molar-refractivity contribution in [2.75, 3.05) is 0 Å². The van der Waals surface area contributed by atoms with Crippen LogP contribution in [0.1, 0.15) is 31.2 Å². The molecule has 2 rings (SSSR count). The Hall–Kier alpha value is -0.830. The lowest BCUT2D eigenvalue weighted by Gasteiger charge is -2.25. The molecule has 0 bridgehead atoms. The Morgan fingerprint density at radius 1 is 1.40 bits per heavy atom. The van der Waals surface area contributed by atoms with Gasteiger partial charge in [0, 0.05) is 0 Å². The summed E-state index contributed by atoms with van der Waals surface area (Å²) in [6.07, 6.45) is 5.02. The van der Waals surface area contributed by atoms with Gasteiger partial charge in [0.25, 0.3) is 0 Å². The molecule has 0 saturated heterocycles. The molecule has 1 aromatic rings. The third-order valence-corrected chi connectivity index (χ3v) is 4.03. The average Bonchev–Trinajstić information content (AvgIpc) is 2.71. The summed E-state index contributed by atoms with van der Waals surface area (Å²) >= 11 is 1.74. The average molecular weight is 224 g/mol. The molecule has 82 valence electrons. The highest BCUT2D eigenvalue weighted by molar-refractivity contribution is 7.07. The van der Waals surface area contributed by atoms with Gasteiger partial charge in [-0.3, -0.25) is 4.79 Å². The summed E-state index contributed by atoms with van der Waals surface area (Å²) < 4.78 is 0. The highest BCUT2D eigenvalue weighted by Gasteiger charge is 2.25. The van der Waals surface area contributed by atoms with E-state index in [1.807, 2.05) is 0 Å². The first-order valence-electron chi connectivity index (χ1n) is 5.49. The van der Waals surface area contributed by atoms with Crippen molar-refractivity contribution in [3.63, 3.8) is 0 Å². The van der Waals surface area contributed by atoms with Crippen LogP contribution in [0, 0.1) is 11.8 Å². The van der Waals surface area contributed by atoms with Gasteiger partial charge in [-0.25, -0.2) is 0 Å². The third-order valence-electron chi connectivity index (χ3n) is 3.30. The summed E-state index contributed by atoms with van der Waals surface area (Å²) in [5.74, 6) is 0.0166. The van der Waals surface area contributed by atoms with Gasteiger partial charge in [-0.2, -0.15) is 11.3 Å². The molecule has 1 N–H and O–H groups in total. The number of hydrogen-bond donors (Lipinski definition) is 1. The summed E-state index contributed by atoms with van der Waals surface area (Å²) in [6, 6.07) is 2.17. The van der Waals surface area contributed by atoms with Crippen molar-refractivity contribution in [1.29, 1.82) is 0 Å². The van der Waals surface area contributed by atoms with Crippen LogP contribution in [-0.4, -0.2) is 11.1 Å². The van der Waals surface area contributed by atoms with E-state index in [-0.39, 0.29) is 5.92 Å². The molecule has 1 aliphatic rings. The predicted octanol–water partition coefficient (Wildman–Crippen LogP) is 3.18. The van der Waals surface area contributed by atoms with E-state index in [1.54, 1.807) is 11.3 Å². The van der Waals surface area contributed by atoms with Crippen LogP contribution < -0.4 is 0 Å². The molecule has 0 aromatic carbocycles. The van der Waals surface area contributed by atoms with Crippen LogP contribution in [-0.2, 0) is 11.2 Å². The first-order chi connectivity index (χ1) is 7.25. The largest absolute Gasteiger partial charge is 0.481 e. The molecule has 1 heterocycles. The molecular formula is C12H16O2S. The van der Waals surface area contributed by atoms with Gasteiger partial charge in [-0.15, -0.1) is 0 Å². The second kappa shape index (κ2) is 4.79. The monoisotopic (exact) mass is 224 g/mol. The second-order valence-corrected chi connectivity index (χ2v) is 5.17. The van der Waals surface area contributed by atoms with Crippen molar-refractivity contribution in [1.82, 2.24) is 0 Å². The Bertz CT molecular complexity index is 310. The standard InChI is InChI=1S/C12H16O2S/c13-12(14)11-3-1-9(2-4-11)7-10-5-6-15-8-10/h5-6,8-9,11H,1-4,7H2,(H,13,14). The van der Waals surface area contributed by atoms with E-state index in [2.05, 4.69) is 16.8 Å². The van der Waals surface area contributed by atoms with Crippen molar-refractivity contribution in [2.24, 2.45) is 11.8 Å². The van der Waals surface area contributed by atoms with Crippen molar-refractivity contribution in [3.8, 4) is 0 Å². The minimum absolute atomic E-state index is 0.0799. The molecule has 0 atom stereocenters. The van der Waals surface area contributed by atoms with Crippen molar-refractivity contribution < 1.29 is 9.90 Å². The van der Waals surface area contributed by atoms with Crippen LogP contribution in [0.2, 0.25) is 0 Å². The van der Waals surface area contributed by atoms with E-state index in [4.69, 9.17) is 5.11 Å². The van der Waals surface area contributed by atoms with E-state index in [9.17, 15) is 4.79 Å². The van der Waals surface area contributed by atoms with Crippen molar-refractivity contribution in [3.05, 3.63) is 22.4 Å². The predicted molar refractivity (Wildman–Crippen MR) is 61.1 cm³/mol. The molecule has 3 heteroatoms. The molecule has 15 heavy (non-hydrogen) atoms. The number of hydrogen-bond acceptors (Lipinski definition) is 2. The Morgan fingerprint density at radius 2 is 2.13 bits per heavy atom. The summed E-state index contributed by atoms with van der Waals surface area (Å²) in [5.41, 5.74) is 1.42. The lowest BCUT2D eigenvalue weighted by molar-refractivity contribution is -0.143. The molecule has 1 saturated carbocycles. The van der Waals surface area contributed by atoms with Crippen LogP contribution in [0.25, 0.3) is 0 Å². The van der Waals surface area contributed by atoms with E-state index in [0.29, 0.717) is 5.92 Å². The first kappa shape index (κ1) is 10.7. The van der Waals surface area contributed by atoms with E-state index in [1.165, 1.54) is 5.56 Å². The fourth-order valence-corrected chi connectivity index (χ4v) is 3.04. The Balaban J connectivity index is 1.81. The minimum Gasteiger partial charge on any atom is -0.481 e. The number of aliphatic carboxylic acids is 1. The van der Waals surface area contributed by atoms with E-state index < -0.39 is 5.97 Å². The van der Waals surface area contributed by atoms with Crippen LogP contribution in [0.15, 0.2) is 16.8 Å². The molecule has 1 fully saturated rings. The second-order valence-electron chi connectivity index (χ2n) is 4.39. The normalized spacial score (nSPS) is 26.4. The van der Waals surface area contributed by atoms with Crippen LogP contribution in [0.4, 0.5) is 0 Å². The van der Waals surface area contributed by atoms with Gasteiger partial charge in [0.2, 0.25) is 0 Å². The number of thiophene rings is 1. The minimum atomic E-state index is -0.607. The van der Waals surface area contributed by atoms with E-state index >= 15 is 0 Å². The number of rotatable bonds is 3. The zero-order valence-corrected chi connectivity index (χ0v) is 9.50. The van der Waals surface area contributed by atoms with Crippen LogP contribution >= 0.6 is 11.3 Å². The molecule has 0 radical (unpaired) electrons. The molecule has 1 aliphatic carbocycles. The maximum absolute atomic E-state index is 10.8. The summed E-state index contributed by atoms with van der Waals surface area (Å²) in [6.45, 7) is 0. The van der Waals surface area contributed by atoms with Gasteiger partial charge in [0.15, 0.2) is 0 Å². The molecule has 2 nitrogen and oxygen atoms in total. The smallest absolute Gasteiger partial charge is 0.306 e. The fourth-order valence-electron chi connectivity index (χ4n) is 2.36. The van der Waals surface area contributed by atoms with Crippen LogP contribution in [0.3, 0.4) is 0 Å². The zero-order chi connectivity index (χ0) is 10.7. The Kier molecular flexibility index (Phi) is 3.41. The van der Waals surface area contributed by atoms with Gasteiger partial charge < -0.3 is 5.11 Å². The highest BCUT2D eigenvalue weighted by atomic mass is 32.1. The molecule has 0 aliphatic heterocycles. The molecule has 0 spiro atoms. The fraction of sp³-hybridized carbons (Fsp3) is 0.583. The maximum atomic E-state index is 10.8. The van der Waals surface area contributed by atoms with Gasteiger partial charge in [-0.1, -0.05) is 0 Å². The van der Waals surface area contributed by atoms with Crippen LogP contribution in [0.5, 0.6) is 0 Å². The number of carboxylic acids is 1. The number of carbonyl (C=O) groups is 1.